The van der Waals surface area contributed by atoms with Gasteiger partial charge in [0.2, 0.25) is 10.0 Å². The van der Waals surface area contributed by atoms with Crippen molar-refractivity contribution in [2.75, 3.05) is 13.7 Å². The van der Waals surface area contributed by atoms with Crippen molar-refractivity contribution < 1.29 is 13.2 Å². The molecule has 1 saturated carbocycles. The lowest BCUT2D eigenvalue weighted by molar-refractivity contribution is -0.0659. The van der Waals surface area contributed by atoms with Crippen LogP contribution in [0.2, 0.25) is 5.02 Å². The van der Waals surface area contributed by atoms with Crippen LogP contribution in [-0.4, -0.2) is 27.7 Å². The van der Waals surface area contributed by atoms with Gasteiger partial charge in [0, 0.05) is 25.2 Å². The summed E-state index contributed by atoms with van der Waals surface area (Å²) in [5.74, 6) is 0. The molecule has 21 heavy (non-hydrogen) atoms. The first-order chi connectivity index (χ1) is 9.83. The Morgan fingerprint density at radius 1 is 1.43 bits per heavy atom. The lowest BCUT2D eigenvalue weighted by atomic mass is 9.80. The van der Waals surface area contributed by atoms with Crippen molar-refractivity contribution in [3.05, 3.63) is 28.3 Å². The van der Waals surface area contributed by atoms with Crippen LogP contribution in [0.1, 0.15) is 30.4 Å². The largest absolute Gasteiger partial charge is 0.377 e. The highest BCUT2D eigenvalue weighted by Crippen LogP contribution is 2.34. The standard InChI is InChI=1S/C14H21ClN2O3S/c1-10-11(8-16)6-12(15)7-13(10)21(18,19)17-9-14(20-2)4-3-5-14/h6-7,17H,3-5,8-9,16H2,1-2H3. The summed E-state index contributed by atoms with van der Waals surface area (Å²) in [6.07, 6.45) is 2.80. The Bertz CT molecular complexity index is 622. The minimum Gasteiger partial charge on any atom is -0.377 e. The minimum absolute atomic E-state index is 0.182. The van der Waals surface area contributed by atoms with Crippen molar-refractivity contribution in [1.29, 1.82) is 0 Å². The second-order valence-electron chi connectivity index (χ2n) is 5.46. The Balaban J connectivity index is 2.25. The van der Waals surface area contributed by atoms with Gasteiger partial charge < -0.3 is 10.5 Å². The maximum atomic E-state index is 12.5. The molecule has 0 radical (unpaired) electrons. The van der Waals surface area contributed by atoms with Crippen molar-refractivity contribution in [2.45, 2.75) is 43.2 Å². The van der Waals surface area contributed by atoms with E-state index in [-0.39, 0.29) is 23.6 Å². The highest BCUT2D eigenvalue weighted by atomic mass is 35.5. The molecule has 0 bridgehead atoms. The predicted octanol–water partition coefficient (Wildman–Crippen LogP) is 1.95. The zero-order chi connectivity index (χ0) is 15.7. The highest BCUT2D eigenvalue weighted by molar-refractivity contribution is 7.89. The number of rotatable bonds is 6. The van der Waals surface area contributed by atoms with Crippen molar-refractivity contribution >= 4 is 21.6 Å². The first kappa shape index (κ1) is 16.7. The number of ether oxygens (including phenoxy) is 1. The van der Waals surface area contributed by atoms with Crippen LogP contribution in [0.3, 0.4) is 0 Å². The lowest BCUT2D eigenvalue weighted by Gasteiger charge is -2.40. The fraction of sp³-hybridized carbons (Fsp3) is 0.571. The molecule has 2 rings (SSSR count). The van der Waals surface area contributed by atoms with E-state index < -0.39 is 10.0 Å². The molecule has 1 aromatic carbocycles. The van der Waals surface area contributed by atoms with Crippen LogP contribution in [0.5, 0.6) is 0 Å². The SMILES string of the molecule is COC1(CNS(=O)(=O)c2cc(Cl)cc(CN)c2C)CCC1. The third kappa shape index (κ3) is 3.40. The topological polar surface area (TPSA) is 81.4 Å². The molecule has 0 atom stereocenters. The zero-order valence-electron chi connectivity index (χ0n) is 12.3. The molecule has 1 aliphatic rings. The zero-order valence-corrected chi connectivity index (χ0v) is 13.9. The summed E-state index contributed by atoms with van der Waals surface area (Å²) in [5.41, 5.74) is 6.63. The van der Waals surface area contributed by atoms with E-state index in [1.165, 1.54) is 6.07 Å². The van der Waals surface area contributed by atoms with E-state index in [0.717, 1.165) is 24.8 Å². The number of hydrogen-bond acceptors (Lipinski definition) is 4. The highest BCUT2D eigenvalue weighted by Gasteiger charge is 2.38. The second-order valence-corrected chi connectivity index (χ2v) is 7.63. The number of methoxy groups -OCH3 is 1. The third-order valence-electron chi connectivity index (χ3n) is 4.22. The molecule has 3 N–H and O–H groups in total. The molecule has 0 amide bonds. The Hall–Kier alpha value is -0.660. The molecular formula is C14H21ClN2O3S. The van der Waals surface area contributed by atoms with Gasteiger partial charge in [-0.05, 0) is 49.4 Å². The van der Waals surface area contributed by atoms with Crippen LogP contribution in [0.4, 0.5) is 0 Å². The summed E-state index contributed by atoms with van der Waals surface area (Å²) >= 11 is 5.99. The van der Waals surface area contributed by atoms with Gasteiger partial charge in [-0.1, -0.05) is 11.6 Å². The molecule has 1 fully saturated rings. The van der Waals surface area contributed by atoms with E-state index in [9.17, 15) is 8.42 Å². The van der Waals surface area contributed by atoms with Gasteiger partial charge in [0.25, 0.3) is 0 Å². The van der Waals surface area contributed by atoms with Crippen molar-refractivity contribution in [2.24, 2.45) is 5.73 Å². The van der Waals surface area contributed by atoms with Gasteiger partial charge in [-0.2, -0.15) is 0 Å². The average molecular weight is 333 g/mol. The fourth-order valence-electron chi connectivity index (χ4n) is 2.53. The average Bonchev–Trinajstić information content (AvgIpc) is 2.40. The summed E-state index contributed by atoms with van der Waals surface area (Å²) in [7, 11) is -2.02. The molecule has 1 aromatic rings. The molecule has 0 saturated heterocycles. The minimum atomic E-state index is -3.64. The Morgan fingerprint density at radius 2 is 2.10 bits per heavy atom. The monoisotopic (exact) mass is 332 g/mol. The molecule has 0 aromatic heterocycles. The molecule has 0 unspecified atom stereocenters. The van der Waals surface area contributed by atoms with E-state index in [0.29, 0.717) is 10.6 Å². The first-order valence-electron chi connectivity index (χ1n) is 6.87. The predicted molar refractivity (Wildman–Crippen MR) is 82.9 cm³/mol. The normalized spacial score (nSPS) is 17.5. The Kier molecular flexibility index (Phi) is 4.95. The molecule has 0 spiro atoms. The molecule has 1 aliphatic carbocycles. The third-order valence-corrected chi connectivity index (χ3v) is 5.97. The number of benzene rings is 1. The number of hydrogen-bond donors (Lipinski definition) is 2. The Labute approximate surface area is 130 Å². The van der Waals surface area contributed by atoms with Gasteiger partial charge in [0.05, 0.1) is 10.5 Å². The molecule has 118 valence electrons. The fourth-order valence-corrected chi connectivity index (χ4v) is 4.26. The summed E-state index contributed by atoms with van der Waals surface area (Å²) in [6.45, 7) is 2.26. The van der Waals surface area contributed by atoms with E-state index in [4.69, 9.17) is 22.1 Å². The van der Waals surface area contributed by atoms with Crippen molar-refractivity contribution in [3.8, 4) is 0 Å². The van der Waals surface area contributed by atoms with Crippen molar-refractivity contribution in [3.63, 3.8) is 0 Å². The van der Waals surface area contributed by atoms with Crippen LogP contribution in [-0.2, 0) is 21.3 Å². The first-order valence-corrected chi connectivity index (χ1v) is 8.73. The Morgan fingerprint density at radius 3 is 2.57 bits per heavy atom. The number of halogens is 1. The molecule has 0 heterocycles. The summed E-state index contributed by atoms with van der Waals surface area (Å²) in [6, 6.07) is 3.15. The smallest absolute Gasteiger partial charge is 0.240 e. The van der Waals surface area contributed by atoms with E-state index in [2.05, 4.69) is 4.72 Å². The van der Waals surface area contributed by atoms with Gasteiger partial charge >= 0.3 is 0 Å². The van der Waals surface area contributed by atoms with E-state index in [1.54, 1.807) is 20.1 Å². The molecule has 0 aliphatic heterocycles. The number of sulfonamides is 1. The number of nitrogens with one attached hydrogen (secondary N) is 1. The maximum Gasteiger partial charge on any atom is 0.240 e. The summed E-state index contributed by atoms with van der Waals surface area (Å²) in [5, 5.41) is 0.367. The van der Waals surface area contributed by atoms with Crippen LogP contribution in [0.25, 0.3) is 0 Å². The van der Waals surface area contributed by atoms with Crippen LogP contribution in [0, 0.1) is 6.92 Å². The van der Waals surface area contributed by atoms with Gasteiger partial charge in [-0.3, -0.25) is 0 Å². The second kappa shape index (κ2) is 6.22. The molecular weight excluding hydrogens is 312 g/mol. The quantitative estimate of drug-likeness (QED) is 0.834. The molecule has 5 nitrogen and oxygen atoms in total. The maximum absolute atomic E-state index is 12.5. The lowest BCUT2D eigenvalue weighted by Crippen LogP contribution is -2.49. The number of nitrogens with two attached hydrogens (primary N) is 1. The van der Waals surface area contributed by atoms with Gasteiger partial charge in [-0.25, -0.2) is 13.1 Å². The summed E-state index contributed by atoms with van der Waals surface area (Å²) < 4.78 is 33.1. The summed E-state index contributed by atoms with van der Waals surface area (Å²) in [4.78, 5) is 0.182. The van der Waals surface area contributed by atoms with Crippen LogP contribution in [0.15, 0.2) is 17.0 Å². The van der Waals surface area contributed by atoms with E-state index in [1.807, 2.05) is 0 Å². The van der Waals surface area contributed by atoms with Crippen molar-refractivity contribution in [1.82, 2.24) is 4.72 Å². The molecule has 7 heteroatoms. The van der Waals surface area contributed by atoms with Crippen LogP contribution >= 0.6 is 11.6 Å². The van der Waals surface area contributed by atoms with Gasteiger partial charge in [0.1, 0.15) is 0 Å². The van der Waals surface area contributed by atoms with E-state index >= 15 is 0 Å². The van der Waals surface area contributed by atoms with Gasteiger partial charge in [-0.15, -0.1) is 0 Å². The van der Waals surface area contributed by atoms with Gasteiger partial charge in [0.15, 0.2) is 0 Å². The van der Waals surface area contributed by atoms with Crippen LogP contribution < -0.4 is 10.5 Å².